The number of nitrogens with zero attached hydrogens (tertiary/aromatic N) is 8. The molecule has 368 valence electrons. The Morgan fingerprint density at radius 1 is 0.942 bits per heavy atom. The fourth-order valence-electron chi connectivity index (χ4n) is 9.90. The molecule has 6 heterocycles. The van der Waals surface area contributed by atoms with Gasteiger partial charge in [-0.15, -0.1) is 21.5 Å². The lowest BCUT2D eigenvalue weighted by molar-refractivity contribution is -0.141. The van der Waals surface area contributed by atoms with Crippen LogP contribution in [0.25, 0.3) is 32.7 Å². The number of carbonyl (C=O) groups is 2. The molecule has 2 aliphatic rings. The van der Waals surface area contributed by atoms with Crippen molar-refractivity contribution in [2.75, 3.05) is 38.5 Å². The highest BCUT2D eigenvalue weighted by Crippen LogP contribution is 2.35. The van der Waals surface area contributed by atoms with Crippen LogP contribution in [0.15, 0.2) is 70.7 Å². The summed E-state index contributed by atoms with van der Waals surface area (Å²) in [5.41, 5.74) is 13.8. The summed E-state index contributed by atoms with van der Waals surface area (Å²) in [6.07, 6.45) is 11.9. The Balaban J connectivity index is 0.691. The number of aryl methyl sites for hydroxylation is 1. The van der Waals surface area contributed by atoms with Crippen molar-refractivity contribution < 1.29 is 29.1 Å². The maximum atomic E-state index is 14.1. The van der Waals surface area contributed by atoms with Crippen molar-refractivity contribution in [3.63, 3.8) is 0 Å². The van der Waals surface area contributed by atoms with E-state index in [1.165, 1.54) is 43.4 Å². The van der Waals surface area contributed by atoms with Crippen molar-refractivity contribution in [2.45, 2.75) is 135 Å². The molecule has 2 saturated heterocycles. The number of unbranched alkanes of at least 4 members (excludes halogenated alkanes) is 8. The van der Waals surface area contributed by atoms with Crippen LogP contribution in [-0.4, -0.2) is 107 Å². The number of thiazole rings is 1. The van der Waals surface area contributed by atoms with Gasteiger partial charge in [0.1, 0.15) is 17.7 Å². The number of β-amino-alcohol motifs (C(OH)–C–C–N with tert-alkyl or cyclic N) is 1. The molecule has 6 aromatic rings. The number of aromatic hydroxyl groups is 1. The minimum Gasteiger partial charge on any atom is -0.507 e. The smallest absolute Gasteiger partial charge is 0.254 e. The Hall–Kier alpha value is -5.91. The largest absolute Gasteiger partial charge is 0.507 e. The number of amides is 2. The number of piperidine rings is 1. The van der Waals surface area contributed by atoms with Crippen LogP contribution in [0.5, 0.6) is 11.6 Å². The summed E-state index contributed by atoms with van der Waals surface area (Å²) >= 11 is 1.60. The second-order valence-electron chi connectivity index (χ2n) is 19.2. The van der Waals surface area contributed by atoms with Crippen molar-refractivity contribution in [2.24, 2.45) is 5.92 Å². The summed E-state index contributed by atoms with van der Waals surface area (Å²) in [4.78, 5) is 37.3. The van der Waals surface area contributed by atoms with E-state index in [1.54, 1.807) is 29.5 Å². The number of aliphatic hydroxyl groups excluding tert-OH is 1. The molecule has 0 bridgehead atoms. The van der Waals surface area contributed by atoms with E-state index in [9.17, 15) is 19.8 Å². The Morgan fingerprint density at radius 2 is 1.65 bits per heavy atom. The number of hydrogen-bond donors (Lipinski definition) is 4. The molecule has 4 atom stereocenters. The van der Waals surface area contributed by atoms with Gasteiger partial charge in [0.2, 0.25) is 11.8 Å². The number of nitrogens with two attached hydrogens (primary N) is 1. The van der Waals surface area contributed by atoms with E-state index < -0.39 is 18.1 Å². The summed E-state index contributed by atoms with van der Waals surface area (Å²) < 4.78 is 13.7. The quantitative estimate of drug-likeness (QED) is 0.0469. The highest BCUT2D eigenvalue weighted by Gasteiger charge is 2.43. The van der Waals surface area contributed by atoms with Crippen LogP contribution in [0.1, 0.15) is 133 Å². The topological polar surface area (TPSA) is 211 Å². The monoisotopic (exact) mass is 961 g/mol. The summed E-state index contributed by atoms with van der Waals surface area (Å²) in [6, 6.07) is 18.0. The number of benzene rings is 2. The van der Waals surface area contributed by atoms with Crippen LogP contribution in [0.3, 0.4) is 0 Å². The Kier molecular flexibility index (Phi) is 16.6. The molecule has 2 aliphatic heterocycles. The first-order valence-electron chi connectivity index (χ1n) is 24.9. The van der Waals surface area contributed by atoms with Gasteiger partial charge < -0.3 is 40.3 Å². The minimum atomic E-state index is -0.807. The number of nitrogens with one attached hydrogen (secondary N) is 1. The average Bonchev–Trinajstić information content (AvgIpc) is 4.16. The number of likely N-dealkylation sites (tertiary alicyclic amines) is 2. The SMILES string of the molecule is Cc1ncsc1-c1ccc([C@H](C)NC(=O)[C@@H]2C[C@@H](O)CN2C(=O)[C@@H](c2cc(OCCCCCCCCCCCN3CCC(n4nc(N)c5nnc(-c6ccccc6O)cc54)CC3)no2)C(C)C)cc1. The number of hydrogen-bond acceptors (Lipinski definition) is 14. The number of anilines is 1. The van der Waals surface area contributed by atoms with Crippen molar-refractivity contribution in [3.8, 4) is 33.3 Å². The van der Waals surface area contributed by atoms with E-state index in [4.69, 9.17) is 15.0 Å². The van der Waals surface area contributed by atoms with E-state index in [0.29, 0.717) is 40.8 Å². The number of phenols is 1. The lowest BCUT2D eigenvalue weighted by atomic mass is 9.91. The zero-order valence-electron chi connectivity index (χ0n) is 40.4. The summed E-state index contributed by atoms with van der Waals surface area (Å²) in [5.74, 6) is -0.119. The molecule has 2 fully saturated rings. The lowest BCUT2D eigenvalue weighted by Crippen LogP contribution is -2.48. The molecule has 69 heavy (non-hydrogen) atoms. The van der Waals surface area contributed by atoms with Crippen molar-refractivity contribution in [1.29, 1.82) is 0 Å². The number of aliphatic hydroxyl groups is 1. The van der Waals surface area contributed by atoms with Crippen molar-refractivity contribution in [3.05, 3.63) is 83.2 Å². The molecule has 5 N–H and O–H groups in total. The van der Waals surface area contributed by atoms with E-state index in [-0.39, 0.29) is 48.5 Å². The first-order valence-corrected chi connectivity index (χ1v) is 25.7. The maximum absolute atomic E-state index is 14.1. The van der Waals surface area contributed by atoms with Gasteiger partial charge in [-0.05, 0) is 86.5 Å². The van der Waals surface area contributed by atoms with Crippen LogP contribution >= 0.6 is 11.3 Å². The second-order valence-corrected chi connectivity index (χ2v) is 20.1. The predicted octanol–water partition coefficient (Wildman–Crippen LogP) is 9.01. The fourth-order valence-corrected chi connectivity index (χ4v) is 10.7. The van der Waals surface area contributed by atoms with Crippen LogP contribution in [0.2, 0.25) is 0 Å². The molecule has 0 aliphatic carbocycles. The average molecular weight is 961 g/mol. The van der Waals surface area contributed by atoms with Crippen LogP contribution in [0, 0.1) is 12.8 Å². The minimum absolute atomic E-state index is 0.0712. The second kappa shape index (κ2) is 23.1. The number of para-hydroxylation sites is 1. The molecule has 17 heteroatoms. The highest BCUT2D eigenvalue weighted by atomic mass is 32.1. The summed E-state index contributed by atoms with van der Waals surface area (Å²) in [7, 11) is 0. The van der Waals surface area contributed by atoms with Crippen LogP contribution < -0.4 is 15.8 Å². The molecular weight excluding hydrogens is 893 g/mol. The Bertz CT molecular complexity index is 2620. The number of phenolic OH excluding ortho intramolecular Hbond substituents is 1. The molecule has 0 radical (unpaired) electrons. The van der Waals surface area contributed by atoms with Gasteiger partial charge in [-0.1, -0.05) is 95.2 Å². The van der Waals surface area contributed by atoms with Gasteiger partial charge in [0.05, 0.1) is 52.1 Å². The van der Waals surface area contributed by atoms with Crippen LogP contribution in [-0.2, 0) is 9.59 Å². The molecule has 2 amide bonds. The van der Waals surface area contributed by atoms with Crippen molar-refractivity contribution in [1.82, 2.24) is 45.2 Å². The third-order valence-corrected chi connectivity index (χ3v) is 14.8. The molecule has 0 unspecified atom stereocenters. The zero-order valence-corrected chi connectivity index (χ0v) is 41.2. The first kappa shape index (κ1) is 49.5. The number of ether oxygens (including phenoxy) is 1. The third-order valence-electron chi connectivity index (χ3n) is 13.8. The Morgan fingerprint density at radius 3 is 2.35 bits per heavy atom. The summed E-state index contributed by atoms with van der Waals surface area (Å²) in [6.45, 7) is 11.5. The van der Waals surface area contributed by atoms with Crippen LogP contribution in [0.4, 0.5) is 5.82 Å². The summed E-state index contributed by atoms with van der Waals surface area (Å²) in [5, 5.41) is 41.6. The standard InChI is InChI=1S/C52H68N10O6S/c1-33(2)47(52(66)61-31-39(63)28-43(61)51(65)55-34(3)36-18-20-37(21-19-36)49-35(4)54-32-69-49)45-30-46(59-68-45)67-27-15-11-9-7-5-6-8-10-14-24-60-25-22-38(23-26-60)62-42-29-41(40-16-12-13-17-44(40)64)56-57-48(42)50(53)58-62/h12-13,16-21,29-30,32-34,38-39,43,47,63-64H,5-11,14-15,22-28,31H2,1-4H3,(H2,53,58)(H,55,65)/t34-,39+,43-,47+/m0/s1. The van der Waals surface area contributed by atoms with E-state index >= 15 is 0 Å². The van der Waals surface area contributed by atoms with Crippen molar-refractivity contribution >= 4 is 40.0 Å². The number of aromatic nitrogens is 6. The highest BCUT2D eigenvalue weighted by molar-refractivity contribution is 7.13. The van der Waals surface area contributed by atoms with Gasteiger partial charge in [0.25, 0.3) is 5.88 Å². The van der Waals surface area contributed by atoms with Gasteiger partial charge in [-0.25, -0.2) is 4.98 Å². The third kappa shape index (κ3) is 12.1. The molecule has 0 saturated carbocycles. The number of fused-ring (bicyclic) bond motifs is 1. The fraction of sp³-hybridized carbons (Fsp3) is 0.519. The molecule has 4 aromatic heterocycles. The molecular formula is C52H68N10O6S. The maximum Gasteiger partial charge on any atom is 0.254 e. The molecule has 16 nitrogen and oxygen atoms in total. The van der Waals surface area contributed by atoms with Gasteiger partial charge in [0.15, 0.2) is 17.1 Å². The number of carbonyl (C=O) groups excluding carboxylic acids is 2. The molecule has 2 aromatic carbocycles. The predicted molar refractivity (Wildman–Crippen MR) is 268 cm³/mol. The number of nitrogen functional groups attached to an aromatic ring is 1. The number of rotatable bonds is 22. The first-order chi connectivity index (χ1) is 33.4. The van der Waals surface area contributed by atoms with E-state index in [1.807, 2.05) is 80.4 Å². The zero-order chi connectivity index (χ0) is 48.4. The normalized spacial score (nSPS) is 17.7. The Labute approximate surface area is 408 Å². The lowest BCUT2D eigenvalue weighted by Gasteiger charge is -2.32. The molecule has 8 rings (SSSR count). The van der Waals surface area contributed by atoms with Gasteiger partial charge >= 0.3 is 0 Å². The molecule has 0 spiro atoms. The van der Waals surface area contributed by atoms with Gasteiger partial charge in [0, 0.05) is 37.7 Å². The van der Waals surface area contributed by atoms with E-state index in [2.05, 4.69) is 35.7 Å². The van der Waals surface area contributed by atoms with Gasteiger partial charge in [-0.3, -0.25) is 14.3 Å². The van der Waals surface area contributed by atoms with E-state index in [0.717, 1.165) is 79.0 Å². The van der Waals surface area contributed by atoms with Gasteiger partial charge in [-0.2, -0.15) is 5.10 Å².